The minimum atomic E-state index is -0.234. The van der Waals surface area contributed by atoms with Gasteiger partial charge in [-0.1, -0.05) is 35.9 Å². The summed E-state index contributed by atoms with van der Waals surface area (Å²) >= 11 is 7.40. The molecule has 0 bridgehead atoms. The van der Waals surface area contributed by atoms with Crippen LogP contribution in [0.2, 0.25) is 5.02 Å². The van der Waals surface area contributed by atoms with Crippen molar-refractivity contribution in [1.82, 2.24) is 20.0 Å². The fraction of sp³-hybridized carbons (Fsp3) is 0.0526. The molecule has 0 aliphatic rings. The maximum Gasteiger partial charge on any atom is 0.260 e. The van der Waals surface area contributed by atoms with Gasteiger partial charge in [0.25, 0.3) is 5.91 Å². The molecule has 0 aliphatic heterocycles. The Bertz CT molecular complexity index is 1120. The molecule has 6 nitrogen and oxygen atoms in total. The Labute approximate surface area is 164 Å². The van der Waals surface area contributed by atoms with Crippen LogP contribution in [0.15, 0.2) is 65.3 Å². The van der Waals surface area contributed by atoms with Gasteiger partial charge in [-0.25, -0.2) is 15.4 Å². The minimum Gasteiger partial charge on any atom is -0.321 e. The molecule has 0 aliphatic carbocycles. The zero-order chi connectivity index (χ0) is 18.6. The molecule has 0 saturated carbocycles. The normalized spacial score (nSPS) is 11.3. The van der Waals surface area contributed by atoms with Crippen LogP contribution in [0.1, 0.15) is 5.69 Å². The molecule has 134 valence electrons. The van der Waals surface area contributed by atoms with Gasteiger partial charge < -0.3 is 4.57 Å². The first-order valence-corrected chi connectivity index (χ1v) is 9.38. The molecule has 0 unspecified atom stereocenters. The predicted octanol–water partition coefficient (Wildman–Crippen LogP) is 3.96. The first kappa shape index (κ1) is 17.4. The van der Waals surface area contributed by atoms with E-state index in [0.717, 1.165) is 21.6 Å². The summed E-state index contributed by atoms with van der Waals surface area (Å²) in [5.74, 6) is -0.234. The number of hydrogen-bond acceptors (Lipinski definition) is 5. The number of para-hydroxylation sites is 2. The van der Waals surface area contributed by atoms with Gasteiger partial charge in [-0.2, -0.15) is 5.10 Å². The Morgan fingerprint density at radius 3 is 2.89 bits per heavy atom. The molecule has 2 aromatic carbocycles. The van der Waals surface area contributed by atoms with Crippen molar-refractivity contribution in [1.29, 1.82) is 0 Å². The molecule has 8 heteroatoms. The van der Waals surface area contributed by atoms with E-state index in [1.807, 2.05) is 53.9 Å². The van der Waals surface area contributed by atoms with E-state index < -0.39 is 0 Å². The number of nitrogens with zero attached hydrogens (tertiary/aromatic N) is 4. The van der Waals surface area contributed by atoms with Gasteiger partial charge >= 0.3 is 0 Å². The molecule has 4 rings (SSSR count). The molecule has 0 fully saturated rings. The highest BCUT2D eigenvalue weighted by Gasteiger charge is 2.06. The quantitative estimate of drug-likeness (QED) is 0.410. The van der Waals surface area contributed by atoms with Crippen LogP contribution < -0.4 is 5.43 Å². The van der Waals surface area contributed by atoms with Gasteiger partial charge in [-0.15, -0.1) is 11.3 Å². The fourth-order valence-electron chi connectivity index (χ4n) is 2.57. The summed E-state index contributed by atoms with van der Waals surface area (Å²) in [6.07, 6.45) is 3.17. The summed E-state index contributed by atoms with van der Waals surface area (Å²) in [6, 6.07) is 15.1. The lowest BCUT2D eigenvalue weighted by Crippen LogP contribution is -2.22. The predicted molar refractivity (Wildman–Crippen MR) is 108 cm³/mol. The van der Waals surface area contributed by atoms with Gasteiger partial charge in [0.15, 0.2) is 0 Å². The van der Waals surface area contributed by atoms with Crippen LogP contribution in [0, 0.1) is 0 Å². The summed E-state index contributed by atoms with van der Waals surface area (Å²) in [5, 5.41) is 7.42. The largest absolute Gasteiger partial charge is 0.321 e. The van der Waals surface area contributed by atoms with Crippen LogP contribution in [0.3, 0.4) is 0 Å². The lowest BCUT2D eigenvalue weighted by Gasteiger charge is -2.02. The Kier molecular flexibility index (Phi) is 4.95. The maximum absolute atomic E-state index is 12.1. The van der Waals surface area contributed by atoms with Crippen molar-refractivity contribution in [3.8, 4) is 10.6 Å². The molecule has 0 atom stereocenters. The number of imidazole rings is 1. The molecule has 2 heterocycles. The van der Waals surface area contributed by atoms with Crippen molar-refractivity contribution in [2.24, 2.45) is 5.10 Å². The number of hydrogen-bond donors (Lipinski definition) is 1. The molecule has 2 aromatic heterocycles. The number of aromatic nitrogens is 3. The van der Waals surface area contributed by atoms with E-state index in [1.165, 1.54) is 17.6 Å². The molecule has 4 aromatic rings. The first-order chi connectivity index (χ1) is 13.2. The standard InChI is InChI=1S/C19H14ClN5OS/c20-14-7-5-13(6-8-14)19-23-15(11-27-19)9-22-24-18(26)10-25-12-21-16-3-1-2-4-17(16)25/h1-9,11-12H,10H2,(H,24,26)/b22-9-. The third-order valence-corrected chi connectivity index (χ3v) is 5.00. The fourth-order valence-corrected chi connectivity index (χ4v) is 3.47. The van der Waals surface area contributed by atoms with Gasteiger partial charge in [-0.05, 0) is 24.3 Å². The molecular formula is C19H14ClN5OS. The van der Waals surface area contributed by atoms with Crippen molar-refractivity contribution in [2.45, 2.75) is 6.54 Å². The molecule has 0 saturated heterocycles. The van der Waals surface area contributed by atoms with Crippen molar-refractivity contribution >= 4 is 46.1 Å². The summed E-state index contributed by atoms with van der Waals surface area (Å²) < 4.78 is 1.78. The van der Waals surface area contributed by atoms with E-state index in [4.69, 9.17) is 11.6 Å². The molecule has 0 radical (unpaired) electrons. The Balaban J connectivity index is 1.37. The number of carbonyl (C=O) groups excluding carboxylic acids is 1. The topological polar surface area (TPSA) is 72.2 Å². The van der Waals surface area contributed by atoms with E-state index in [1.54, 1.807) is 10.9 Å². The van der Waals surface area contributed by atoms with Crippen LogP contribution in [-0.4, -0.2) is 26.7 Å². The number of thiazole rings is 1. The lowest BCUT2D eigenvalue weighted by molar-refractivity contribution is -0.121. The smallest absolute Gasteiger partial charge is 0.260 e. The second kappa shape index (κ2) is 7.69. The second-order valence-corrected chi connectivity index (χ2v) is 7.03. The van der Waals surface area contributed by atoms with Crippen molar-refractivity contribution in [3.05, 3.63) is 71.0 Å². The highest BCUT2D eigenvalue weighted by Crippen LogP contribution is 2.24. The van der Waals surface area contributed by atoms with Gasteiger partial charge in [0, 0.05) is 16.0 Å². The number of rotatable bonds is 5. The Morgan fingerprint density at radius 1 is 1.22 bits per heavy atom. The Hall–Kier alpha value is -3.03. The van der Waals surface area contributed by atoms with E-state index in [-0.39, 0.29) is 12.5 Å². The van der Waals surface area contributed by atoms with Crippen LogP contribution >= 0.6 is 22.9 Å². The van der Waals surface area contributed by atoms with Crippen molar-refractivity contribution in [2.75, 3.05) is 0 Å². The second-order valence-electron chi connectivity index (χ2n) is 5.74. The molecular weight excluding hydrogens is 382 g/mol. The first-order valence-electron chi connectivity index (χ1n) is 8.12. The maximum atomic E-state index is 12.1. The van der Waals surface area contributed by atoms with Gasteiger partial charge in [0.1, 0.15) is 11.6 Å². The van der Waals surface area contributed by atoms with E-state index >= 15 is 0 Å². The average molecular weight is 396 g/mol. The zero-order valence-corrected chi connectivity index (χ0v) is 15.6. The number of halogens is 1. The summed E-state index contributed by atoms with van der Waals surface area (Å²) in [7, 11) is 0. The van der Waals surface area contributed by atoms with Gasteiger partial charge in [0.05, 0.1) is 29.3 Å². The number of benzene rings is 2. The molecule has 0 spiro atoms. The van der Waals surface area contributed by atoms with E-state index in [0.29, 0.717) is 10.7 Å². The van der Waals surface area contributed by atoms with E-state index in [2.05, 4.69) is 20.5 Å². The average Bonchev–Trinajstić information content (AvgIpc) is 3.30. The zero-order valence-electron chi connectivity index (χ0n) is 14.0. The summed E-state index contributed by atoms with van der Waals surface area (Å²) in [4.78, 5) is 20.8. The number of amides is 1. The van der Waals surface area contributed by atoms with Crippen LogP contribution in [0.25, 0.3) is 21.6 Å². The highest BCUT2D eigenvalue weighted by atomic mass is 35.5. The van der Waals surface area contributed by atoms with Crippen LogP contribution in [0.4, 0.5) is 0 Å². The van der Waals surface area contributed by atoms with Crippen molar-refractivity contribution < 1.29 is 4.79 Å². The molecule has 1 N–H and O–H groups in total. The minimum absolute atomic E-state index is 0.144. The van der Waals surface area contributed by atoms with Crippen LogP contribution in [0.5, 0.6) is 0 Å². The summed E-state index contributed by atoms with van der Waals surface area (Å²) in [6.45, 7) is 0.144. The van der Waals surface area contributed by atoms with Gasteiger partial charge in [0.2, 0.25) is 0 Å². The van der Waals surface area contributed by atoms with Gasteiger partial charge in [-0.3, -0.25) is 4.79 Å². The lowest BCUT2D eigenvalue weighted by atomic mass is 10.2. The van der Waals surface area contributed by atoms with Crippen LogP contribution in [-0.2, 0) is 11.3 Å². The SMILES string of the molecule is O=C(Cn1cnc2ccccc21)N/N=C\c1csc(-c2ccc(Cl)cc2)n1. The number of hydrazone groups is 1. The molecule has 27 heavy (non-hydrogen) atoms. The summed E-state index contributed by atoms with van der Waals surface area (Å²) in [5.41, 5.74) is 5.94. The third-order valence-electron chi connectivity index (χ3n) is 3.84. The van der Waals surface area contributed by atoms with Crippen molar-refractivity contribution in [3.63, 3.8) is 0 Å². The third kappa shape index (κ3) is 4.05. The number of fused-ring (bicyclic) bond motifs is 1. The molecule has 1 amide bonds. The Morgan fingerprint density at radius 2 is 2.04 bits per heavy atom. The van der Waals surface area contributed by atoms with E-state index in [9.17, 15) is 4.79 Å². The monoisotopic (exact) mass is 395 g/mol. The highest BCUT2D eigenvalue weighted by molar-refractivity contribution is 7.13. The number of nitrogens with one attached hydrogen (secondary N) is 1. The number of carbonyl (C=O) groups is 1.